The Morgan fingerprint density at radius 3 is 1.94 bits per heavy atom. The van der Waals surface area contributed by atoms with E-state index in [1.165, 1.54) is 36.4 Å². The van der Waals surface area contributed by atoms with Crippen molar-refractivity contribution in [1.82, 2.24) is 10.3 Å². The molecular weight excluding hydrogens is 446 g/mol. The third kappa shape index (κ3) is 6.79. The second kappa shape index (κ2) is 10.6. The zero-order chi connectivity index (χ0) is 23.8. The lowest BCUT2D eigenvalue weighted by Gasteiger charge is -2.13. The molecule has 0 atom stereocenters. The normalized spacial score (nSPS) is 10.9. The number of non-ortho nitro benzene ring substituents is 1. The van der Waals surface area contributed by atoms with Crippen molar-refractivity contribution in [3.63, 3.8) is 0 Å². The molecule has 10 heteroatoms. The molecule has 0 aliphatic rings. The van der Waals surface area contributed by atoms with Crippen molar-refractivity contribution >= 4 is 21.4 Å². The largest absolute Gasteiger partial charge is 0.490 e. The molecule has 0 aliphatic heterocycles. The number of benzene rings is 3. The van der Waals surface area contributed by atoms with E-state index in [9.17, 15) is 18.5 Å². The maximum absolute atomic E-state index is 12.4. The topological polar surface area (TPSA) is 120 Å². The number of nitro benzene ring substituents is 1. The fourth-order valence-corrected chi connectivity index (χ4v) is 3.58. The summed E-state index contributed by atoms with van der Waals surface area (Å²) < 4.78 is 35.8. The summed E-state index contributed by atoms with van der Waals surface area (Å²) in [6.07, 6.45) is 0. The second-order valence-electron chi connectivity index (χ2n) is 6.99. The maximum atomic E-state index is 12.4. The van der Waals surface area contributed by atoms with Gasteiger partial charge in [-0.05, 0) is 61.0 Å². The molecule has 0 radical (unpaired) electrons. The minimum Gasteiger partial charge on any atom is -0.490 e. The third-order valence-corrected chi connectivity index (χ3v) is 5.80. The molecule has 0 bridgehead atoms. The van der Waals surface area contributed by atoms with Crippen LogP contribution < -0.4 is 19.7 Å². The van der Waals surface area contributed by atoms with Crippen LogP contribution in [0.25, 0.3) is 5.70 Å². The minimum atomic E-state index is -3.73. The Bertz CT molecular complexity index is 1210. The maximum Gasteiger partial charge on any atom is 0.269 e. The number of nitro groups is 1. The predicted octanol–water partition coefficient (Wildman–Crippen LogP) is 3.81. The van der Waals surface area contributed by atoms with Gasteiger partial charge in [-0.15, -0.1) is 4.83 Å². The van der Waals surface area contributed by atoms with Crippen LogP contribution in [-0.4, -0.2) is 26.6 Å². The SMILES string of the molecule is C=C(NNS(=O)(=O)c1ccc(C)cc1)c1ccc(OCCOc2ccc([N+](=O)[O-])cc2)cc1. The summed E-state index contributed by atoms with van der Waals surface area (Å²) in [6, 6.07) is 19.2. The molecule has 0 aliphatic carbocycles. The lowest BCUT2D eigenvalue weighted by atomic mass is 10.2. The van der Waals surface area contributed by atoms with Gasteiger partial charge < -0.3 is 14.9 Å². The molecule has 3 aromatic rings. The smallest absolute Gasteiger partial charge is 0.269 e. The highest BCUT2D eigenvalue weighted by molar-refractivity contribution is 7.89. The van der Waals surface area contributed by atoms with E-state index in [1.807, 2.05) is 6.92 Å². The summed E-state index contributed by atoms with van der Waals surface area (Å²) in [5.41, 5.74) is 4.63. The number of hydrazine groups is 1. The highest BCUT2D eigenvalue weighted by Gasteiger charge is 2.13. The number of hydrogen-bond donors (Lipinski definition) is 2. The monoisotopic (exact) mass is 469 g/mol. The summed E-state index contributed by atoms with van der Waals surface area (Å²) in [5, 5.41) is 10.7. The number of nitrogens with zero attached hydrogens (tertiary/aromatic N) is 1. The molecule has 0 spiro atoms. The average molecular weight is 470 g/mol. The number of nitrogens with one attached hydrogen (secondary N) is 2. The molecule has 2 N–H and O–H groups in total. The first kappa shape index (κ1) is 23.8. The van der Waals surface area contributed by atoms with E-state index in [0.29, 0.717) is 22.8 Å². The molecule has 3 aromatic carbocycles. The van der Waals surface area contributed by atoms with Crippen LogP contribution in [0.5, 0.6) is 11.5 Å². The molecule has 33 heavy (non-hydrogen) atoms. The Labute approximate surface area is 191 Å². The van der Waals surface area contributed by atoms with Crippen molar-refractivity contribution in [2.75, 3.05) is 13.2 Å². The summed E-state index contributed by atoms with van der Waals surface area (Å²) in [4.78, 5) is 12.6. The van der Waals surface area contributed by atoms with Gasteiger partial charge in [-0.1, -0.05) is 24.3 Å². The van der Waals surface area contributed by atoms with Gasteiger partial charge in [-0.3, -0.25) is 10.1 Å². The van der Waals surface area contributed by atoms with Crippen LogP contribution in [0.2, 0.25) is 0 Å². The number of sulfonamides is 1. The Hall–Kier alpha value is -3.89. The number of aryl methyl sites for hydroxylation is 1. The summed E-state index contributed by atoms with van der Waals surface area (Å²) in [5.74, 6) is 1.11. The van der Waals surface area contributed by atoms with Crippen LogP contribution in [0.4, 0.5) is 5.69 Å². The predicted molar refractivity (Wildman–Crippen MR) is 124 cm³/mol. The van der Waals surface area contributed by atoms with Crippen LogP contribution in [0.1, 0.15) is 11.1 Å². The fourth-order valence-electron chi connectivity index (χ4n) is 2.71. The molecule has 3 rings (SSSR count). The van der Waals surface area contributed by atoms with Gasteiger partial charge >= 0.3 is 0 Å². The van der Waals surface area contributed by atoms with E-state index in [1.54, 1.807) is 36.4 Å². The zero-order valence-electron chi connectivity index (χ0n) is 17.9. The molecule has 0 fully saturated rings. The van der Waals surface area contributed by atoms with Crippen LogP contribution in [0.3, 0.4) is 0 Å². The van der Waals surface area contributed by atoms with Gasteiger partial charge in [-0.25, -0.2) is 8.42 Å². The highest BCUT2D eigenvalue weighted by atomic mass is 32.2. The molecule has 0 amide bonds. The average Bonchev–Trinajstić information content (AvgIpc) is 2.81. The first-order valence-electron chi connectivity index (χ1n) is 9.88. The minimum absolute atomic E-state index is 0.00211. The van der Waals surface area contributed by atoms with Crippen molar-refractivity contribution in [3.05, 3.63) is 101 Å². The van der Waals surface area contributed by atoms with Crippen molar-refractivity contribution in [3.8, 4) is 11.5 Å². The molecule has 0 heterocycles. The molecule has 0 saturated carbocycles. The van der Waals surface area contributed by atoms with Crippen LogP contribution in [0, 0.1) is 17.0 Å². The summed E-state index contributed by atoms with van der Waals surface area (Å²) in [7, 11) is -3.73. The molecule has 0 saturated heterocycles. The van der Waals surface area contributed by atoms with Crippen molar-refractivity contribution in [1.29, 1.82) is 0 Å². The van der Waals surface area contributed by atoms with Gasteiger partial charge in [0.2, 0.25) is 0 Å². The van der Waals surface area contributed by atoms with Gasteiger partial charge in [0.15, 0.2) is 0 Å². The first-order valence-corrected chi connectivity index (χ1v) is 11.4. The molecule has 9 nitrogen and oxygen atoms in total. The first-order chi connectivity index (χ1) is 15.7. The van der Waals surface area contributed by atoms with Gasteiger partial charge in [0.25, 0.3) is 15.7 Å². The number of ether oxygens (including phenoxy) is 2. The van der Waals surface area contributed by atoms with Crippen molar-refractivity contribution < 1.29 is 22.8 Å². The summed E-state index contributed by atoms with van der Waals surface area (Å²) in [6.45, 7) is 6.26. The lowest BCUT2D eigenvalue weighted by Crippen LogP contribution is -2.35. The van der Waals surface area contributed by atoms with E-state index in [4.69, 9.17) is 9.47 Å². The fraction of sp³-hybridized carbons (Fsp3) is 0.130. The highest BCUT2D eigenvalue weighted by Crippen LogP contribution is 2.18. The third-order valence-electron chi connectivity index (χ3n) is 4.54. The molecule has 172 valence electrons. The van der Waals surface area contributed by atoms with E-state index in [-0.39, 0.29) is 23.8 Å². The van der Waals surface area contributed by atoms with Crippen molar-refractivity contribution in [2.24, 2.45) is 0 Å². The second-order valence-corrected chi connectivity index (χ2v) is 8.68. The molecule has 0 aromatic heterocycles. The van der Waals surface area contributed by atoms with Crippen molar-refractivity contribution in [2.45, 2.75) is 11.8 Å². The Balaban J connectivity index is 1.44. The number of rotatable bonds is 11. The molecule has 0 unspecified atom stereocenters. The Morgan fingerprint density at radius 1 is 0.909 bits per heavy atom. The number of hydrogen-bond acceptors (Lipinski definition) is 7. The summed E-state index contributed by atoms with van der Waals surface area (Å²) >= 11 is 0. The van der Waals surface area contributed by atoms with E-state index in [2.05, 4.69) is 16.8 Å². The zero-order valence-corrected chi connectivity index (χ0v) is 18.7. The van der Waals surface area contributed by atoms with Gasteiger partial charge in [0, 0.05) is 17.8 Å². The molecular formula is C23H23N3O6S. The quantitative estimate of drug-likeness (QED) is 0.249. The van der Waals surface area contributed by atoms with E-state index >= 15 is 0 Å². The van der Waals surface area contributed by atoms with Crippen LogP contribution >= 0.6 is 0 Å². The van der Waals surface area contributed by atoms with Crippen LogP contribution in [0.15, 0.2) is 84.3 Å². The van der Waals surface area contributed by atoms with Crippen LogP contribution in [-0.2, 0) is 10.0 Å². The van der Waals surface area contributed by atoms with Gasteiger partial charge in [-0.2, -0.15) is 0 Å². The van der Waals surface area contributed by atoms with Gasteiger partial charge in [0.05, 0.1) is 9.82 Å². The Morgan fingerprint density at radius 2 is 1.42 bits per heavy atom. The van der Waals surface area contributed by atoms with E-state index < -0.39 is 14.9 Å². The van der Waals surface area contributed by atoms with Gasteiger partial charge in [0.1, 0.15) is 24.7 Å². The lowest BCUT2D eigenvalue weighted by molar-refractivity contribution is -0.384. The van der Waals surface area contributed by atoms with E-state index in [0.717, 1.165) is 5.56 Å². The standard InChI is InChI=1S/C23H23N3O6S/c1-17-3-13-23(14-4-17)33(29,30)25-24-18(2)19-5-9-21(10-6-19)31-15-16-32-22-11-7-20(8-12-22)26(27)28/h3-14,24-25H,2,15-16H2,1H3. The Kier molecular flexibility index (Phi) is 7.65.